The topological polar surface area (TPSA) is 3.24 Å². The predicted octanol–water partition coefficient (Wildman–Crippen LogP) is 1.90. The number of rotatable bonds is 2. The third-order valence-corrected chi connectivity index (χ3v) is 3.12. The standard InChI is InChI=1S/C10H17N.Y/c1-3-4-9-7-11(2)8-10(9)5-6-10;/h1,3-8H2,2H3;/q-2;. The molecule has 2 aliphatic rings. The molecule has 0 aromatic rings. The molecule has 2 rings (SSSR count). The van der Waals surface area contributed by atoms with Gasteiger partial charge in [-0.1, -0.05) is 12.8 Å². The fourth-order valence-electron chi connectivity index (χ4n) is 2.40. The minimum Gasteiger partial charge on any atom is -0.346 e. The zero-order valence-electron chi connectivity index (χ0n) is 7.97. The van der Waals surface area contributed by atoms with Gasteiger partial charge in [0, 0.05) is 32.7 Å². The molecular formula is C10H17NY-2. The van der Waals surface area contributed by atoms with Gasteiger partial charge >= 0.3 is 0 Å². The number of hydrogen-bond donors (Lipinski definition) is 0. The molecule has 2 heteroatoms. The van der Waals surface area contributed by atoms with Crippen LogP contribution in [0, 0.1) is 18.3 Å². The molecule has 2 fully saturated rings. The van der Waals surface area contributed by atoms with Gasteiger partial charge in [0.15, 0.2) is 0 Å². The van der Waals surface area contributed by atoms with Crippen molar-refractivity contribution >= 4 is 0 Å². The van der Waals surface area contributed by atoms with Crippen LogP contribution in [0.4, 0.5) is 0 Å². The first-order chi connectivity index (χ1) is 5.27. The van der Waals surface area contributed by atoms with Gasteiger partial charge in [0.1, 0.15) is 0 Å². The van der Waals surface area contributed by atoms with E-state index >= 15 is 0 Å². The van der Waals surface area contributed by atoms with Gasteiger partial charge in [-0.3, -0.25) is 5.92 Å². The van der Waals surface area contributed by atoms with Gasteiger partial charge in [-0.25, -0.2) is 12.8 Å². The summed E-state index contributed by atoms with van der Waals surface area (Å²) in [6.07, 6.45) is 5.26. The van der Waals surface area contributed by atoms with Gasteiger partial charge in [0.05, 0.1) is 0 Å². The van der Waals surface area contributed by atoms with E-state index in [2.05, 4.69) is 18.9 Å². The van der Waals surface area contributed by atoms with E-state index in [1.165, 1.54) is 32.4 Å². The van der Waals surface area contributed by atoms with Crippen LogP contribution in [0.3, 0.4) is 0 Å². The first-order valence-electron chi connectivity index (χ1n) is 4.60. The maximum absolute atomic E-state index is 3.93. The zero-order chi connectivity index (χ0) is 7.90. The van der Waals surface area contributed by atoms with Crippen molar-refractivity contribution < 1.29 is 32.7 Å². The Morgan fingerprint density at radius 1 is 1.50 bits per heavy atom. The average molecular weight is 240 g/mol. The van der Waals surface area contributed by atoms with E-state index in [1.807, 2.05) is 0 Å². The summed E-state index contributed by atoms with van der Waals surface area (Å²) in [6, 6.07) is 0. The molecule has 0 aromatic heterocycles. The van der Waals surface area contributed by atoms with E-state index in [4.69, 9.17) is 0 Å². The minimum atomic E-state index is 0. The molecule has 1 spiro atoms. The molecule has 67 valence electrons. The van der Waals surface area contributed by atoms with E-state index in [0.29, 0.717) is 5.41 Å². The first-order valence-corrected chi connectivity index (χ1v) is 4.60. The SMILES string of the molecule is [CH2-]CC[C-]1CN(C)CC12CC2.[Y]. The average Bonchev–Trinajstić information content (AvgIpc) is 2.61. The second kappa shape index (κ2) is 4.06. The molecule has 12 heavy (non-hydrogen) atoms. The van der Waals surface area contributed by atoms with Crippen LogP contribution in [-0.2, 0) is 32.7 Å². The second-order valence-electron chi connectivity index (χ2n) is 4.16. The summed E-state index contributed by atoms with van der Waals surface area (Å²) < 4.78 is 0. The molecule has 0 amide bonds. The predicted molar refractivity (Wildman–Crippen MR) is 47.0 cm³/mol. The third kappa shape index (κ3) is 1.94. The van der Waals surface area contributed by atoms with E-state index in [9.17, 15) is 0 Å². The molecule has 1 saturated heterocycles. The fourth-order valence-corrected chi connectivity index (χ4v) is 2.40. The molecular weight excluding hydrogens is 223 g/mol. The van der Waals surface area contributed by atoms with Crippen molar-refractivity contribution in [1.29, 1.82) is 0 Å². The van der Waals surface area contributed by atoms with Crippen LogP contribution in [0.25, 0.3) is 0 Å². The number of hydrogen-bond acceptors (Lipinski definition) is 1. The van der Waals surface area contributed by atoms with Gasteiger partial charge in [0.25, 0.3) is 0 Å². The van der Waals surface area contributed by atoms with Crippen molar-refractivity contribution in [2.24, 2.45) is 5.41 Å². The molecule has 1 radical (unpaired) electrons. The van der Waals surface area contributed by atoms with Gasteiger partial charge in [0.2, 0.25) is 0 Å². The van der Waals surface area contributed by atoms with Crippen LogP contribution < -0.4 is 0 Å². The molecule has 0 unspecified atom stereocenters. The van der Waals surface area contributed by atoms with Crippen molar-refractivity contribution in [3.05, 3.63) is 12.8 Å². The molecule has 0 N–H and O–H groups in total. The smallest absolute Gasteiger partial charge is 0 e. The van der Waals surface area contributed by atoms with Crippen LogP contribution in [0.1, 0.15) is 25.7 Å². The van der Waals surface area contributed by atoms with Crippen LogP contribution in [0.5, 0.6) is 0 Å². The van der Waals surface area contributed by atoms with Crippen LogP contribution in [0.2, 0.25) is 0 Å². The summed E-state index contributed by atoms with van der Waals surface area (Å²) in [7, 11) is 2.23. The number of nitrogens with zero attached hydrogens (tertiary/aromatic N) is 1. The van der Waals surface area contributed by atoms with Gasteiger partial charge in [-0.15, -0.1) is 12.0 Å². The van der Waals surface area contributed by atoms with Gasteiger partial charge < -0.3 is 11.8 Å². The molecule has 0 bridgehead atoms. The normalized spacial score (nSPS) is 27.5. The summed E-state index contributed by atoms with van der Waals surface area (Å²) in [5.41, 5.74) is 0.687. The zero-order valence-corrected chi connectivity index (χ0v) is 10.8. The fraction of sp³-hybridized carbons (Fsp3) is 0.800. The molecule has 1 heterocycles. The summed E-state index contributed by atoms with van der Waals surface area (Å²) in [4.78, 5) is 2.46. The quantitative estimate of drug-likeness (QED) is 0.666. The van der Waals surface area contributed by atoms with E-state index in [-0.39, 0.29) is 32.7 Å². The summed E-state index contributed by atoms with van der Waals surface area (Å²) in [6.45, 7) is 6.50. The summed E-state index contributed by atoms with van der Waals surface area (Å²) in [5.74, 6) is 1.79. The van der Waals surface area contributed by atoms with E-state index in [0.717, 1.165) is 6.42 Å². The van der Waals surface area contributed by atoms with Gasteiger partial charge in [-0.2, -0.15) is 0 Å². The van der Waals surface area contributed by atoms with E-state index in [1.54, 1.807) is 5.92 Å². The maximum Gasteiger partial charge on any atom is 0 e. The van der Waals surface area contributed by atoms with Crippen molar-refractivity contribution in [1.82, 2.24) is 4.90 Å². The van der Waals surface area contributed by atoms with Crippen LogP contribution >= 0.6 is 0 Å². The van der Waals surface area contributed by atoms with Crippen molar-refractivity contribution in [3.8, 4) is 0 Å². The van der Waals surface area contributed by atoms with Crippen molar-refractivity contribution in [3.63, 3.8) is 0 Å². The van der Waals surface area contributed by atoms with Crippen LogP contribution in [0.15, 0.2) is 0 Å². The molecule has 0 aromatic carbocycles. The van der Waals surface area contributed by atoms with E-state index < -0.39 is 0 Å². The monoisotopic (exact) mass is 240 g/mol. The molecule has 1 nitrogen and oxygen atoms in total. The Morgan fingerprint density at radius 2 is 2.17 bits per heavy atom. The summed E-state index contributed by atoms with van der Waals surface area (Å²) >= 11 is 0. The van der Waals surface area contributed by atoms with Crippen LogP contribution in [-0.4, -0.2) is 25.0 Å². The largest absolute Gasteiger partial charge is 0.346 e. The Morgan fingerprint density at radius 3 is 2.67 bits per heavy atom. The van der Waals surface area contributed by atoms with Crippen molar-refractivity contribution in [2.45, 2.75) is 25.7 Å². The Labute approximate surface area is 101 Å². The second-order valence-corrected chi connectivity index (χ2v) is 4.16. The third-order valence-electron chi connectivity index (χ3n) is 3.12. The Balaban J connectivity index is 0.000000720. The van der Waals surface area contributed by atoms with Gasteiger partial charge in [-0.05, 0) is 13.6 Å². The molecule has 1 aliphatic carbocycles. The summed E-state index contributed by atoms with van der Waals surface area (Å²) in [5, 5.41) is 0. The molecule has 0 atom stereocenters. The number of likely N-dealkylation sites (tertiary alicyclic amines) is 1. The Kier molecular flexibility index (Phi) is 3.77. The van der Waals surface area contributed by atoms with Crippen molar-refractivity contribution in [2.75, 3.05) is 20.1 Å². The molecule has 1 saturated carbocycles. The Hall–Kier alpha value is 1.06. The maximum atomic E-state index is 3.93. The molecule has 1 aliphatic heterocycles. The first kappa shape index (κ1) is 11.1. The Bertz CT molecular complexity index is 154. The minimum absolute atomic E-state index is 0.